The molecule has 1 aromatic carbocycles. The molecule has 0 N–H and O–H groups in total. The van der Waals surface area contributed by atoms with Gasteiger partial charge in [0, 0.05) is 5.33 Å². The van der Waals surface area contributed by atoms with Gasteiger partial charge in [-0.15, -0.1) is 0 Å². The highest BCUT2D eigenvalue weighted by Gasteiger charge is 1.99. The third-order valence-electron chi connectivity index (χ3n) is 2.28. The summed E-state index contributed by atoms with van der Waals surface area (Å²) in [5, 5.41) is 1.07. The zero-order chi connectivity index (χ0) is 9.52. The van der Waals surface area contributed by atoms with Crippen LogP contribution in [0.15, 0.2) is 24.3 Å². The van der Waals surface area contributed by atoms with Gasteiger partial charge in [0.05, 0.1) is 0 Å². The molecule has 0 radical (unpaired) electrons. The fourth-order valence-corrected chi connectivity index (χ4v) is 1.94. The standard InChI is InChI=1S/C12H17Br/c1-2-3-6-11-7-4-5-8-12(11)9-10-13/h4-5,7-8H,2-3,6,9-10H2,1H3. The van der Waals surface area contributed by atoms with Crippen molar-refractivity contribution < 1.29 is 0 Å². The van der Waals surface area contributed by atoms with E-state index in [0.717, 1.165) is 11.8 Å². The number of benzene rings is 1. The Morgan fingerprint density at radius 2 is 1.69 bits per heavy atom. The molecule has 0 aliphatic carbocycles. The van der Waals surface area contributed by atoms with Crippen molar-refractivity contribution in [3.63, 3.8) is 0 Å². The number of rotatable bonds is 5. The van der Waals surface area contributed by atoms with Crippen LogP contribution in [-0.2, 0) is 12.8 Å². The van der Waals surface area contributed by atoms with Gasteiger partial charge in [0.1, 0.15) is 0 Å². The first-order chi connectivity index (χ1) is 6.38. The molecular formula is C12H17Br. The number of hydrogen-bond donors (Lipinski definition) is 0. The summed E-state index contributed by atoms with van der Waals surface area (Å²) in [7, 11) is 0. The molecule has 0 nitrogen and oxygen atoms in total. The Labute approximate surface area is 89.5 Å². The molecule has 0 saturated heterocycles. The highest BCUT2D eigenvalue weighted by atomic mass is 79.9. The van der Waals surface area contributed by atoms with E-state index in [0.29, 0.717) is 0 Å². The lowest BCUT2D eigenvalue weighted by atomic mass is 10.0. The van der Waals surface area contributed by atoms with Gasteiger partial charge in [0.2, 0.25) is 0 Å². The zero-order valence-electron chi connectivity index (χ0n) is 8.22. The Morgan fingerprint density at radius 1 is 1.08 bits per heavy atom. The van der Waals surface area contributed by atoms with E-state index in [9.17, 15) is 0 Å². The monoisotopic (exact) mass is 240 g/mol. The Morgan fingerprint density at radius 3 is 2.23 bits per heavy atom. The third kappa shape index (κ3) is 3.51. The largest absolute Gasteiger partial charge is 0.0924 e. The molecule has 0 spiro atoms. The maximum atomic E-state index is 3.49. The molecule has 0 aliphatic heterocycles. The van der Waals surface area contributed by atoms with Crippen LogP contribution in [0.4, 0.5) is 0 Å². The highest BCUT2D eigenvalue weighted by Crippen LogP contribution is 2.13. The van der Waals surface area contributed by atoms with E-state index < -0.39 is 0 Å². The maximum Gasteiger partial charge on any atom is 0.00719 e. The molecule has 1 aromatic rings. The molecule has 72 valence electrons. The molecular weight excluding hydrogens is 224 g/mol. The van der Waals surface area contributed by atoms with Gasteiger partial charge in [0.25, 0.3) is 0 Å². The topological polar surface area (TPSA) is 0 Å². The average molecular weight is 241 g/mol. The van der Waals surface area contributed by atoms with Gasteiger partial charge in [-0.25, -0.2) is 0 Å². The summed E-state index contributed by atoms with van der Waals surface area (Å²) in [5.74, 6) is 0. The quantitative estimate of drug-likeness (QED) is 0.684. The van der Waals surface area contributed by atoms with Crippen LogP contribution in [0.3, 0.4) is 0 Å². The van der Waals surface area contributed by atoms with Crippen LogP contribution in [0, 0.1) is 0 Å². The van der Waals surface area contributed by atoms with Gasteiger partial charge in [0.15, 0.2) is 0 Å². The van der Waals surface area contributed by atoms with Crippen molar-refractivity contribution in [2.45, 2.75) is 32.6 Å². The average Bonchev–Trinajstić information content (AvgIpc) is 2.17. The lowest BCUT2D eigenvalue weighted by molar-refractivity contribution is 0.788. The second-order valence-electron chi connectivity index (χ2n) is 3.31. The molecule has 0 amide bonds. The van der Waals surface area contributed by atoms with Crippen LogP contribution in [0.2, 0.25) is 0 Å². The van der Waals surface area contributed by atoms with Gasteiger partial charge in [-0.2, -0.15) is 0 Å². The fraction of sp³-hybridized carbons (Fsp3) is 0.500. The minimum atomic E-state index is 1.07. The van der Waals surface area contributed by atoms with E-state index >= 15 is 0 Å². The first-order valence-corrected chi connectivity index (χ1v) is 6.13. The van der Waals surface area contributed by atoms with E-state index in [1.54, 1.807) is 0 Å². The summed E-state index contributed by atoms with van der Waals surface area (Å²) in [6.45, 7) is 2.24. The van der Waals surface area contributed by atoms with Crippen LogP contribution in [0.5, 0.6) is 0 Å². The SMILES string of the molecule is CCCCc1ccccc1CCBr. The Balaban J connectivity index is 2.66. The number of aryl methyl sites for hydroxylation is 2. The number of halogens is 1. The third-order valence-corrected chi connectivity index (χ3v) is 2.68. The smallest absolute Gasteiger partial charge is 0.00719 e. The number of hydrogen-bond acceptors (Lipinski definition) is 0. The molecule has 0 aliphatic rings. The molecule has 0 fully saturated rings. The first-order valence-electron chi connectivity index (χ1n) is 5.01. The number of alkyl halides is 1. The van der Waals surface area contributed by atoms with E-state index in [4.69, 9.17) is 0 Å². The maximum absolute atomic E-state index is 3.49. The van der Waals surface area contributed by atoms with Crippen molar-refractivity contribution in [3.05, 3.63) is 35.4 Å². The van der Waals surface area contributed by atoms with Crippen molar-refractivity contribution in [1.82, 2.24) is 0 Å². The predicted octanol–water partition coefficient (Wildman–Crippen LogP) is 3.97. The normalized spacial score (nSPS) is 10.3. The van der Waals surface area contributed by atoms with Crippen molar-refractivity contribution in [2.24, 2.45) is 0 Å². The Bertz CT molecular complexity index is 243. The van der Waals surface area contributed by atoms with Crippen molar-refractivity contribution >= 4 is 15.9 Å². The van der Waals surface area contributed by atoms with E-state index in [1.165, 1.54) is 30.4 Å². The van der Waals surface area contributed by atoms with Gasteiger partial charge in [-0.1, -0.05) is 53.5 Å². The van der Waals surface area contributed by atoms with Crippen LogP contribution in [0.25, 0.3) is 0 Å². The summed E-state index contributed by atoms with van der Waals surface area (Å²) in [5.41, 5.74) is 3.04. The fourth-order valence-electron chi connectivity index (χ4n) is 1.51. The minimum Gasteiger partial charge on any atom is -0.0924 e. The molecule has 0 aromatic heterocycles. The highest BCUT2D eigenvalue weighted by molar-refractivity contribution is 9.09. The van der Waals surface area contributed by atoms with Crippen LogP contribution < -0.4 is 0 Å². The predicted molar refractivity (Wildman–Crippen MR) is 62.6 cm³/mol. The van der Waals surface area contributed by atoms with Gasteiger partial charge < -0.3 is 0 Å². The summed E-state index contributed by atoms with van der Waals surface area (Å²) < 4.78 is 0. The zero-order valence-corrected chi connectivity index (χ0v) is 9.81. The molecule has 1 heteroatoms. The van der Waals surface area contributed by atoms with Crippen LogP contribution in [-0.4, -0.2) is 5.33 Å². The van der Waals surface area contributed by atoms with Gasteiger partial charge >= 0.3 is 0 Å². The van der Waals surface area contributed by atoms with Crippen molar-refractivity contribution in [2.75, 3.05) is 5.33 Å². The Kier molecular flexibility index (Phi) is 5.14. The minimum absolute atomic E-state index is 1.07. The molecule has 0 saturated carbocycles. The Hall–Kier alpha value is -0.300. The molecule has 0 bridgehead atoms. The molecule has 0 heterocycles. The first kappa shape index (κ1) is 10.8. The van der Waals surface area contributed by atoms with Crippen molar-refractivity contribution in [1.29, 1.82) is 0 Å². The summed E-state index contributed by atoms with van der Waals surface area (Å²) in [6, 6.07) is 8.77. The second kappa shape index (κ2) is 6.20. The lowest BCUT2D eigenvalue weighted by Crippen LogP contribution is -1.94. The summed E-state index contributed by atoms with van der Waals surface area (Å²) in [4.78, 5) is 0. The molecule has 0 atom stereocenters. The molecule has 1 rings (SSSR count). The van der Waals surface area contributed by atoms with Gasteiger partial charge in [-0.05, 0) is 30.4 Å². The van der Waals surface area contributed by atoms with Crippen LogP contribution >= 0.6 is 15.9 Å². The van der Waals surface area contributed by atoms with E-state index in [-0.39, 0.29) is 0 Å². The van der Waals surface area contributed by atoms with E-state index in [1.807, 2.05) is 0 Å². The van der Waals surface area contributed by atoms with E-state index in [2.05, 4.69) is 47.1 Å². The molecule has 0 unspecified atom stereocenters. The van der Waals surface area contributed by atoms with Crippen LogP contribution in [0.1, 0.15) is 30.9 Å². The lowest BCUT2D eigenvalue weighted by Gasteiger charge is -2.06. The molecule has 13 heavy (non-hydrogen) atoms. The second-order valence-corrected chi connectivity index (χ2v) is 4.10. The summed E-state index contributed by atoms with van der Waals surface area (Å²) >= 11 is 3.49. The van der Waals surface area contributed by atoms with Gasteiger partial charge in [-0.3, -0.25) is 0 Å². The summed E-state index contributed by atoms with van der Waals surface area (Å²) in [6.07, 6.45) is 4.97. The number of unbranched alkanes of at least 4 members (excludes halogenated alkanes) is 1. The van der Waals surface area contributed by atoms with Crippen molar-refractivity contribution in [3.8, 4) is 0 Å².